The third-order valence-electron chi connectivity index (χ3n) is 6.61. The van der Waals surface area contributed by atoms with E-state index in [0.717, 1.165) is 24.8 Å². The molecule has 3 amide bonds. The number of imide groups is 1. The molecule has 2 aromatic rings. The van der Waals surface area contributed by atoms with Crippen LogP contribution in [0.25, 0.3) is 0 Å². The molecule has 3 fully saturated rings. The van der Waals surface area contributed by atoms with Crippen LogP contribution in [0.15, 0.2) is 54.6 Å². The van der Waals surface area contributed by atoms with E-state index in [1.807, 2.05) is 30.3 Å². The Labute approximate surface area is 163 Å². The number of benzene rings is 2. The average Bonchev–Trinajstić information content (AvgIpc) is 3.41. The molecule has 0 aromatic heterocycles. The van der Waals surface area contributed by atoms with Crippen LogP contribution in [0.1, 0.15) is 35.2 Å². The largest absolute Gasteiger partial charge is 0.348 e. The number of nitrogens with one attached hydrogen (secondary N) is 1. The van der Waals surface area contributed by atoms with Crippen LogP contribution in [0.2, 0.25) is 0 Å². The maximum absolute atomic E-state index is 12.9. The second-order valence-corrected chi connectivity index (χ2v) is 8.11. The lowest BCUT2D eigenvalue weighted by atomic mass is 9.81. The molecule has 5 rings (SSSR count). The fourth-order valence-electron chi connectivity index (χ4n) is 5.31. The molecule has 0 spiro atoms. The number of hydrogen-bond acceptors (Lipinski definition) is 3. The zero-order valence-electron chi connectivity index (χ0n) is 15.5. The Hall–Kier alpha value is -2.95. The standard InChI is InChI=1S/C23H22N2O3/c26-21(24-13-14-4-2-1-3-5-14)15-8-10-18(11-9-15)25-22(27)19-16-6-7-17(12-16)20(19)23(25)28/h1-5,8-11,16-17,19-20H,6-7,12-13H2,(H,24,26)/t16-,17+,19-,20+. The van der Waals surface area contributed by atoms with Gasteiger partial charge in [0.15, 0.2) is 0 Å². The first-order chi connectivity index (χ1) is 13.6. The van der Waals surface area contributed by atoms with E-state index in [4.69, 9.17) is 0 Å². The molecule has 0 radical (unpaired) electrons. The Balaban J connectivity index is 1.29. The van der Waals surface area contributed by atoms with Crippen molar-refractivity contribution in [1.82, 2.24) is 5.32 Å². The first-order valence-corrected chi connectivity index (χ1v) is 9.93. The summed E-state index contributed by atoms with van der Waals surface area (Å²) in [7, 11) is 0. The van der Waals surface area contributed by atoms with Crippen molar-refractivity contribution < 1.29 is 14.4 Å². The number of rotatable bonds is 4. The summed E-state index contributed by atoms with van der Waals surface area (Å²) in [6.45, 7) is 0.455. The molecule has 2 aliphatic carbocycles. The summed E-state index contributed by atoms with van der Waals surface area (Å²) in [6.07, 6.45) is 3.17. The minimum absolute atomic E-state index is 0.0523. The van der Waals surface area contributed by atoms with Crippen molar-refractivity contribution >= 4 is 23.4 Å². The molecule has 2 aromatic carbocycles. The Kier molecular flexibility index (Phi) is 4.04. The fraction of sp³-hybridized carbons (Fsp3) is 0.348. The monoisotopic (exact) mass is 374 g/mol. The fourth-order valence-corrected chi connectivity index (χ4v) is 5.31. The summed E-state index contributed by atoms with van der Waals surface area (Å²) >= 11 is 0. The molecule has 3 aliphatic rings. The lowest BCUT2D eigenvalue weighted by Gasteiger charge is -2.19. The highest BCUT2D eigenvalue weighted by molar-refractivity contribution is 6.22. The maximum Gasteiger partial charge on any atom is 0.251 e. The van der Waals surface area contributed by atoms with Crippen molar-refractivity contribution in [2.45, 2.75) is 25.8 Å². The summed E-state index contributed by atoms with van der Waals surface area (Å²) in [5.41, 5.74) is 2.12. The molecule has 1 saturated heterocycles. The maximum atomic E-state index is 12.9. The molecule has 4 atom stereocenters. The normalized spacial score (nSPS) is 27.9. The van der Waals surface area contributed by atoms with Crippen molar-refractivity contribution in [3.05, 3.63) is 65.7 Å². The van der Waals surface area contributed by atoms with Gasteiger partial charge in [-0.25, -0.2) is 0 Å². The lowest BCUT2D eigenvalue weighted by Crippen LogP contribution is -2.32. The van der Waals surface area contributed by atoms with Crippen LogP contribution in [0.5, 0.6) is 0 Å². The molecule has 2 bridgehead atoms. The third kappa shape index (κ3) is 2.65. The number of amides is 3. The molecule has 28 heavy (non-hydrogen) atoms. The summed E-state index contributed by atoms with van der Waals surface area (Å²) < 4.78 is 0. The van der Waals surface area contributed by atoms with Crippen LogP contribution >= 0.6 is 0 Å². The molecule has 0 unspecified atom stereocenters. The van der Waals surface area contributed by atoms with Gasteiger partial charge in [-0.1, -0.05) is 30.3 Å². The minimum atomic E-state index is -0.176. The molecule has 1 aliphatic heterocycles. The van der Waals surface area contributed by atoms with Crippen LogP contribution in [-0.4, -0.2) is 17.7 Å². The van der Waals surface area contributed by atoms with E-state index >= 15 is 0 Å². The Morgan fingerprint density at radius 1 is 0.893 bits per heavy atom. The molecular weight excluding hydrogens is 352 g/mol. The van der Waals surface area contributed by atoms with Crippen molar-refractivity contribution in [3.63, 3.8) is 0 Å². The summed E-state index contributed by atoms with van der Waals surface area (Å²) in [5.74, 6) is 0.218. The summed E-state index contributed by atoms with van der Waals surface area (Å²) in [5, 5.41) is 2.89. The number of carbonyl (C=O) groups is 3. The molecule has 5 heteroatoms. The number of carbonyl (C=O) groups excluding carboxylic acids is 3. The first kappa shape index (κ1) is 17.2. The van der Waals surface area contributed by atoms with Crippen LogP contribution in [0, 0.1) is 23.7 Å². The summed E-state index contributed by atoms with van der Waals surface area (Å²) in [4.78, 5) is 39.5. The molecule has 142 valence electrons. The van der Waals surface area contributed by atoms with Gasteiger partial charge in [0, 0.05) is 12.1 Å². The quantitative estimate of drug-likeness (QED) is 0.836. The molecule has 2 saturated carbocycles. The van der Waals surface area contributed by atoms with E-state index in [1.54, 1.807) is 24.3 Å². The molecular formula is C23H22N2O3. The highest BCUT2D eigenvalue weighted by Gasteiger charge is 2.61. The van der Waals surface area contributed by atoms with Gasteiger partial charge in [-0.2, -0.15) is 0 Å². The van der Waals surface area contributed by atoms with E-state index in [2.05, 4.69) is 5.32 Å². The number of nitrogens with zero attached hydrogens (tertiary/aromatic N) is 1. The number of fused-ring (bicyclic) bond motifs is 5. The second-order valence-electron chi connectivity index (χ2n) is 8.11. The van der Waals surface area contributed by atoms with Gasteiger partial charge in [-0.05, 0) is 60.9 Å². The predicted octanol–water partition coefficient (Wildman–Crippen LogP) is 3.15. The van der Waals surface area contributed by atoms with Crippen molar-refractivity contribution in [2.24, 2.45) is 23.7 Å². The zero-order valence-corrected chi connectivity index (χ0v) is 15.5. The second kappa shape index (κ2) is 6.59. The van der Waals surface area contributed by atoms with E-state index in [-0.39, 0.29) is 29.6 Å². The Morgan fingerprint density at radius 3 is 2.11 bits per heavy atom. The predicted molar refractivity (Wildman–Crippen MR) is 104 cm³/mol. The van der Waals surface area contributed by atoms with Gasteiger partial charge in [0.25, 0.3) is 5.91 Å². The topological polar surface area (TPSA) is 66.5 Å². The van der Waals surface area contributed by atoms with Crippen molar-refractivity contribution in [1.29, 1.82) is 0 Å². The van der Waals surface area contributed by atoms with Crippen LogP contribution < -0.4 is 10.2 Å². The molecule has 1 N–H and O–H groups in total. The van der Waals surface area contributed by atoms with E-state index in [9.17, 15) is 14.4 Å². The highest BCUT2D eigenvalue weighted by Crippen LogP contribution is 2.56. The van der Waals surface area contributed by atoms with E-state index in [1.165, 1.54) is 4.90 Å². The average molecular weight is 374 g/mol. The Bertz CT molecular complexity index is 910. The van der Waals surface area contributed by atoms with Gasteiger partial charge in [0.05, 0.1) is 17.5 Å². The third-order valence-corrected chi connectivity index (χ3v) is 6.61. The smallest absolute Gasteiger partial charge is 0.251 e. The van der Waals surface area contributed by atoms with Crippen LogP contribution in [0.4, 0.5) is 5.69 Å². The van der Waals surface area contributed by atoms with Gasteiger partial charge < -0.3 is 5.32 Å². The lowest BCUT2D eigenvalue weighted by molar-refractivity contribution is -0.123. The van der Waals surface area contributed by atoms with Gasteiger partial charge in [-0.3, -0.25) is 19.3 Å². The SMILES string of the molecule is O=C(NCc1ccccc1)c1ccc(N2C(=O)[C@@H]3[C@@H]4CC[C@@H](C4)[C@@H]3C2=O)cc1. The molecule has 5 nitrogen and oxygen atoms in total. The number of hydrogen-bond donors (Lipinski definition) is 1. The van der Waals surface area contributed by atoms with Gasteiger partial charge in [0.2, 0.25) is 11.8 Å². The van der Waals surface area contributed by atoms with E-state index < -0.39 is 0 Å². The minimum Gasteiger partial charge on any atom is -0.348 e. The van der Waals surface area contributed by atoms with Gasteiger partial charge in [0.1, 0.15) is 0 Å². The van der Waals surface area contributed by atoms with Gasteiger partial charge >= 0.3 is 0 Å². The summed E-state index contributed by atoms with van der Waals surface area (Å²) in [6, 6.07) is 16.5. The molecule has 1 heterocycles. The van der Waals surface area contributed by atoms with Crippen molar-refractivity contribution in [3.8, 4) is 0 Å². The van der Waals surface area contributed by atoms with Crippen molar-refractivity contribution in [2.75, 3.05) is 4.90 Å². The van der Waals surface area contributed by atoms with E-state index in [0.29, 0.717) is 29.6 Å². The van der Waals surface area contributed by atoms with Crippen LogP contribution in [-0.2, 0) is 16.1 Å². The number of anilines is 1. The van der Waals surface area contributed by atoms with Crippen LogP contribution in [0.3, 0.4) is 0 Å². The highest BCUT2D eigenvalue weighted by atomic mass is 16.2. The Morgan fingerprint density at radius 2 is 1.50 bits per heavy atom. The van der Waals surface area contributed by atoms with Gasteiger partial charge in [-0.15, -0.1) is 0 Å². The zero-order chi connectivity index (χ0) is 19.3. The first-order valence-electron chi connectivity index (χ1n) is 9.93.